The normalized spacial score (nSPS) is 36.2. The van der Waals surface area contributed by atoms with Crippen LogP contribution in [0.5, 0.6) is 0 Å². The van der Waals surface area contributed by atoms with Crippen molar-refractivity contribution in [3.05, 3.63) is 0 Å². The SMILES string of the molecule is CC(C)(C)C1CCCN(C2CCCC(N)(C(N)=O)C2)CC1. The summed E-state index contributed by atoms with van der Waals surface area (Å²) in [6.07, 6.45) is 7.49. The van der Waals surface area contributed by atoms with Gasteiger partial charge in [-0.2, -0.15) is 0 Å². The fraction of sp³-hybridized carbons (Fsp3) is 0.941. The van der Waals surface area contributed by atoms with Gasteiger partial charge in [-0.3, -0.25) is 4.79 Å². The van der Waals surface area contributed by atoms with Crippen molar-refractivity contribution in [2.24, 2.45) is 22.8 Å². The third kappa shape index (κ3) is 3.98. The molecule has 0 bridgehead atoms. The summed E-state index contributed by atoms with van der Waals surface area (Å²) in [6.45, 7) is 9.34. The molecule has 2 rings (SSSR count). The summed E-state index contributed by atoms with van der Waals surface area (Å²) in [4.78, 5) is 14.2. The Morgan fingerprint density at radius 1 is 1.14 bits per heavy atom. The van der Waals surface area contributed by atoms with Crippen molar-refractivity contribution in [1.29, 1.82) is 0 Å². The van der Waals surface area contributed by atoms with E-state index in [1.54, 1.807) is 0 Å². The number of rotatable bonds is 2. The Kier molecular flexibility index (Phi) is 4.99. The van der Waals surface area contributed by atoms with Gasteiger partial charge in [-0.05, 0) is 69.4 Å². The first kappa shape index (κ1) is 16.8. The number of primary amides is 1. The molecule has 1 aliphatic heterocycles. The zero-order valence-corrected chi connectivity index (χ0v) is 14.0. The average Bonchev–Trinajstić information content (AvgIpc) is 2.63. The zero-order valence-electron chi connectivity index (χ0n) is 14.0. The Bertz CT molecular complexity index is 377. The van der Waals surface area contributed by atoms with Crippen LogP contribution < -0.4 is 11.5 Å². The second kappa shape index (κ2) is 6.25. The summed E-state index contributed by atoms with van der Waals surface area (Å²) < 4.78 is 0. The van der Waals surface area contributed by atoms with Gasteiger partial charge in [-0.15, -0.1) is 0 Å². The molecule has 1 aliphatic carbocycles. The van der Waals surface area contributed by atoms with Crippen molar-refractivity contribution in [3.8, 4) is 0 Å². The molecule has 0 aromatic rings. The van der Waals surface area contributed by atoms with Gasteiger partial charge in [-0.25, -0.2) is 0 Å². The van der Waals surface area contributed by atoms with Crippen LogP contribution >= 0.6 is 0 Å². The minimum atomic E-state index is -0.779. The predicted molar refractivity (Wildman–Crippen MR) is 86.7 cm³/mol. The molecule has 2 fully saturated rings. The number of carbonyl (C=O) groups excluding carboxylic acids is 1. The first-order chi connectivity index (χ1) is 9.72. The largest absolute Gasteiger partial charge is 0.368 e. The van der Waals surface area contributed by atoms with Gasteiger partial charge in [0.05, 0.1) is 5.54 Å². The van der Waals surface area contributed by atoms with Gasteiger partial charge in [0.1, 0.15) is 0 Å². The van der Waals surface area contributed by atoms with Crippen molar-refractivity contribution in [2.45, 2.75) is 77.3 Å². The summed E-state index contributed by atoms with van der Waals surface area (Å²) in [7, 11) is 0. The third-order valence-corrected chi connectivity index (χ3v) is 5.75. The molecule has 1 heterocycles. The van der Waals surface area contributed by atoms with E-state index < -0.39 is 5.54 Å². The molecule has 0 aromatic heterocycles. The van der Waals surface area contributed by atoms with E-state index in [1.807, 2.05) is 0 Å². The van der Waals surface area contributed by atoms with Crippen LogP contribution in [0.3, 0.4) is 0 Å². The van der Waals surface area contributed by atoms with Crippen LogP contribution in [0.1, 0.15) is 65.7 Å². The number of hydrogen-bond acceptors (Lipinski definition) is 3. The van der Waals surface area contributed by atoms with E-state index in [4.69, 9.17) is 11.5 Å². The molecule has 0 radical (unpaired) electrons. The molecular weight excluding hydrogens is 262 g/mol. The molecule has 1 amide bonds. The molecule has 1 saturated heterocycles. The monoisotopic (exact) mass is 295 g/mol. The van der Waals surface area contributed by atoms with E-state index in [9.17, 15) is 4.79 Å². The third-order valence-electron chi connectivity index (χ3n) is 5.75. The Labute approximate surface area is 129 Å². The van der Waals surface area contributed by atoms with E-state index in [0.717, 1.165) is 44.7 Å². The Hall–Kier alpha value is -0.610. The second-order valence-corrected chi connectivity index (χ2v) is 8.30. The number of amides is 1. The highest BCUT2D eigenvalue weighted by Gasteiger charge is 2.40. The molecule has 4 nitrogen and oxygen atoms in total. The summed E-state index contributed by atoms with van der Waals surface area (Å²) in [6, 6.07) is 0.440. The highest BCUT2D eigenvalue weighted by molar-refractivity contribution is 5.84. The van der Waals surface area contributed by atoms with Crippen LogP contribution in [-0.2, 0) is 4.79 Å². The molecule has 1 saturated carbocycles. The standard InChI is InChI=1S/C17H33N3O/c1-16(2,3)13-6-5-10-20(11-8-13)14-7-4-9-17(19,12-14)15(18)21/h13-14H,4-12,19H2,1-3H3,(H2,18,21). The number of hydrogen-bond donors (Lipinski definition) is 2. The van der Waals surface area contributed by atoms with Crippen molar-refractivity contribution in [3.63, 3.8) is 0 Å². The van der Waals surface area contributed by atoms with Crippen LogP contribution in [0.2, 0.25) is 0 Å². The summed E-state index contributed by atoms with van der Waals surface area (Å²) >= 11 is 0. The first-order valence-electron chi connectivity index (χ1n) is 8.55. The lowest BCUT2D eigenvalue weighted by Crippen LogP contribution is -2.58. The van der Waals surface area contributed by atoms with Crippen LogP contribution in [0, 0.1) is 11.3 Å². The minimum Gasteiger partial charge on any atom is -0.368 e. The number of nitrogens with zero attached hydrogens (tertiary/aromatic N) is 1. The van der Waals surface area contributed by atoms with Crippen LogP contribution in [-0.4, -0.2) is 35.5 Å². The zero-order chi connectivity index (χ0) is 15.7. The predicted octanol–water partition coefficient (Wildman–Crippen LogP) is 2.26. The van der Waals surface area contributed by atoms with Crippen molar-refractivity contribution in [2.75, 3.05) is 13.1 Å². The maximum absolute atomic E-state index is 11.6. The fourth-order valence-electron chi connectivity index (χ4n) is 4.16. The lowest BCUT2D eigenvalue weighted by atomic mass is 9.76. The van der Waals surface area contributed by atoms with E-state index in [-0.39, 0.29) is 5.91 Å². The Morgan fingerprint density at radius 3 is 2.48 bits per heavy atom. The Morgan fingerprint density at radius 2 is 1.86 bits per heavy atom. The maximum Gasteiger partial charge on any atom is 0.237 e. The first-order valence-corrected chi connectivity index (χ1v) is 8.55. The maximum atomic E-state index is 11.6. The van der Waals surface area contributed by atoms with E-state index in [0.29, 0.717) is 11.5 Å². The molecule has 0 aromatic carbocycles. The summed E-state index contributed by atoms with van der Waals surface area (Å²) in [5.74, 6) is 0.472. The lowest BCUT2D eigenvalue weighted by Gasteiger charge is -2.41. The number of nitrogens with two attached hydrogens (primary N) is 2. The van der Waals surface area contributed by atoms with Crippen molar-refractivity contribution < 1.29 is 4.79 Å². The van der Waals surface area contributed by atoms with E-state index in [2.05, 4.69) is 25.7 Å². The average molecular weight is 295 g/mol. The van der Waals surface area contributed by atoms with Gasteiger partial charge in [0.2, 0.25) is 5.91 Å². The van der Waals surface area contributed by atoms with Gasteiger partial charge in [0, 0.05) is 6.04 Å². The van der Waals surface area contributed by atoms with Gasteiger partial charge < -0.3 is 16.4 Å². The topological polar surface area (TPSA) is 72.3 Å². The molecule has 4 N–H and O–H groups in total. The van der Waals surface area contributed by atoms with Gasteiger partial charge in [0.25, 0.3) is 0 Å². The quantitative estimate of drug-likeness (QED) is 0.821. The smallest absolute Gasteiger partial charge is 0.237 e. The molecule has 4 heteroatoms. The van der Waals surface area contributed by atoms with E-state index >= 15 is 0 Å². The van der Waals surface area contributed by atoms with Gasteiger partial charge in [0.15, 0.2) is 0 Å². The van der Waals surface area contributed by atoms with Crippen LogP contribution in [0.25, 0.3) is 0 Å². The lowest BCUT2D eigenvalue weighted by molar-refractivity contribution is -0.125. The summed E-state index contributed by atoms with van der Waals surface area (Å²) in [5, 5.41) is 0. The van der Waals surface area contributed by atoms with Crippen LogP contribution in [0.4, 0.5) is 0 Å². The molecule has 0 spiro atoms. The number of carbonyl (C=O) groups is 1. The molecule has 3 unspecified atom stereocenters. The molecule has 122 valence electrons. The minimum absolute atomic E-state index is 0.324. The fourth-order valence-corrected chi connectivity index (χ4v) is 4.16. The second-order valence-electron chi connectivity index (χ2n) is 8.30. The Balaban J connectivity index is 1.98. The van der Waals surface area contributed by atoms with Crippen molar-refractivity contribution in [1.82, 2.24) is 4.90 Å². The highest BCUT2D eigenvalue weighted by Crippen LogP contribution is 2.36. The van der Waals surface area contributed by atoms with E-state index in [1.165, 1.54) is 19.3 Å². The molecular formula is C17H33N3O. The van der Waals surface area contributed by atoms with Crippen molar-refractivity contribution >= 4 is 5.91 Å². The van der Waals surface area contributed by atoms with Gasteiger partial charge in [-0.1, -0.05) is 20.8 Å². The molecule has 2 aliphatic rings. The summed E-state index contributed by atoms with van der Waals surface area (Å²) in [5.41, 5.74) is 11.4. The molecule has 21 heavy (non-hydrogen) atoms. The van der Waals surface area contributed by atoms with Gasteiger partial charge >= 0.3 is 0 Å². The number of likely N-dealkylation sites (tertiary alicyclic amines) is 1. The van der Waals surface area contributed by atoms with Crippen LogP contribution in [0.15, 0.2) is 0 Å². The highest BCUT2D eigenvalue weighted by atomic mass is 16.1. The molecule has 3 atom stereocenters.